The normalized spacial score (nSPS) is 27.7. The fourth-order valence-electron chi connectivity index (χ4n) is 2.82. The number of nitrogens with one attached hydrogen (secondary N) is 1. The van der Waals surface area contributed by atoms with Crippen LogP contribution in [0.2, 0.25) is 0 Å². The van der Waals surface area contributed by atoms with Crippen molar-refractivity contribution >= 4 is 17.7 Å². The maximum absolute atomic E-state index is 12.3. The SMILES string of the molecule is CCC1(C2=CCCCC2)C(=N)N(C#N)C(N)=NC1=O. The van der Waals surface area contributed by atoms with Crippen molar-refractivity contribution in [1.29, 1.82) is 10.7 Å². The van der Waals surface area contributed by atoms with Gasteiger partial charge in [-0.05, 0) is 32.1 Å². The van der Waals surface area contributed by atoms with Crippen LogP contribution in [-0.4, -0.2) is 22.6 Å². The molecule has 1 aliphatic heterocycles. The monoisotopic (exact) mass is 259 g/mol. The summed E-state index contributed by atoms with van der Waals surface area (Å²) in [4.78, 5) is 17.1. The molecule has 100 valence electrons. The van der Waals surface area contributed by atoms with E-state index in [0.717, 1.165) is 36.2 Å². The lowest BCUT2D eigenvalue weighted by Crippen LogP contribution is -2.55. The molecule has 1 atom stereocenters. The lowest BCUT2D eigenvalue weighted by atomic mass is 9.71. The van der Waals surface area contributed by atoms with Crippen molar-refractivity contribution in [2.75, 3.05) is 0 Å². The van der Waals surface area contributed by atoms with Crippen molar-refractivity contribution < 1.29 is 4.79 Å². The average molecular weight is 259 g/mol. The minimum absolute atomic E-state index is 0.0665. The third-order valence-corrected chi connectivity index (χ3v) is 3.91. The van der Waals surface area contributed by atoms with Crippen LogP contribution >= 0.6 is 0 Å². The van der Waals surface area contributed by atoms with Crippen molar-refractivity contribution in [2.45, 2.75) is 39.0 Å². The van der Waals surface area contributed by atoms with Gasteiger partial charge in [0, 0.05) is 0 Å². The number of amides is 1. The highest BCUT2D eigenvalue weighted by Crippen LogP contribution is 2.42. The second-order valence-corrected chi connectivity index (χ2v) is 4.79. The Morgan fingerprint density at radius 3 is 2.89 bits per heavy atom. The van der Waals surface area contributed by atoms with Crippen LogP contribution in [0.3, 0.4) is 0 Å². The number of nitrogens with zero attached hydrogens (tertiary/aromatic N) is 3. The number of nitrogens with two attached hydrogens (primary N) is 1. The first kappa shape index (κ1) is 13.3. The minimum Gasteiger partial charge on any atom is -0.368 e. The number of guanidine groups is 1. The standard InChI is InChI=1S/C13H17N5O/c1-2-13(9-6-4-3-5-7-9)10(15)18(8-14)12(16)17-11(13)19/h6,15H,2-5,7H2,1H3,(H2,16,17,19). The molecule has 0 aromatic carbocycles. The van der Waals surface area contributed by atoms with Crippen LogP contribution in [0.1, 0.15) is 39.0 Å². The lowest BCUT2D eigenvalue weighted by molar-refractivity contribution is -0.123. The number of nitriles is 1. The van der Waals surface area contributed by atoms with E-state index in [0.29, 0.717) is 6.42 Å². The molecule has 2 aliphatic rings. The van der Waals surface area contributed by atoms with Crippen LogP contribution in [0, 0.1) is 22.3 Å². The fraction of sp³-hybridized carbons (Fsp3) is 0.538. The van der Waals surface area contributed by atoms with E-state index < -0.39 is 11.3 Å². The number of carbonyl (C=O) groups is 1. The quantitative estimate of drug-likeness (QED) is 0.578. The molecule has 0 bridgehead atoms. The van der Waals surface area contributed by atoms with Gasteiger partial charge >= 0.3 is 0 Å². The number of aliphatic imine (C=N–C) groups is 1. The molecule has 0 spiro atoms. The molecule has 1 aliphatic carbocycles. The number of hydrogen-bond donors (Lipinski definition) is 2. The topological polar surface area (TPSA) is 106 Å². The van der Waals surface area contributed by atoms with Crippen molar-refractivity contribution in [3.63, 3.8) is 0 Å². The summed E-state index contributed by atoms with van der Waals surface area (Å²) in [6.07, 6.45) is 8.04. The zero-order chi connectivity index (χ0) is 14.0. The van der Waals surface area contributed by atoms with Crippen LogP contribution in [0.5, 0.6) is 0 Å². The predicted octanol–water partition coefficient (Wildman–Crippen LogP) is 1.50. The Kier molecular flexibility index (Phi) is 3.38. The fourth-order valence-corrected chi connectivity index (χ4v) is 2.82. The molecule has 6 nitrogen and oxygen atoms in total. The van der Waals surface area contributed by atoms with Gasteiger partial charge in [-0.2, -0.15) is 10.3 Å². The first-order chi connectivity index (χ1) is 9.07. The van der Waals surface area contributed by atoms with E-state index in [1.54, 1.807) is 0 Å². The average Bonchev–Trinajstić information content (AvgIpc) is 2.41. The predicted molar refractivity (Wildman–Crippen MR) is 71.1 cm³/mol. The highest BCUT2D eigenvalue weighted by molar-refractivity contribution is 6.21. The molecule has 0 fully saturated rings. The zero-order valence-electron chi connectivity index (χ0n) is 10.9. The number of hydrogen-bond acceptors (Lipinski definition) is 4. The maximum atomic E-state index is 12.3. The van der Waals surface area contributed by atoms with E-state index in [1.807, 2.05) is 19.2 Å². The van der Waals surface area contributed by atoms with Crippen LogP contribution in [0.4, 0.5) is 0 Å². The molecule has 0 saturated heterocycles. The summed E-state index contributed by atoms with van der Waals surface area (Å²) in [5.74, 6) is -0.696. The number of amidine groups is 1. The van der Waals surface area contributed by atoms with Gasteiger partial charge in [0.2, 0.25) is 5.96 Å². The van der Waals surface area contributed by atoms with Gasteiger partial charge in [-0.1, -0.05) is 18.6 Å². The van der Waals surface area contributed by atoms with Crippen molar-refractivity contribution in [2.24, 2.45) is 16.1 Å². The molecule has 0 saturated carbocycles. The summed E-state index contributed by atoms with van der Waals surface area (Å²) in [7, 11) is 0. The summed E-state index contributed by atoms with van der Waals surface area (Å²) in [5.41, 5.74) is 5.36. The van der Waals surface area contributed by atoms with Gasteiger partial charge in [-0.3, -0.25) is 10.2 Å². The molecule has 1 heterocycles. The van der Waals surface area contributed by atoms with E-state index in [9.17, 15) is 4.79 Å². The van der Waals surface area contributed by atoms with E-state index >= 15 is 0 Å². The summed E-state index contributed by atoms with van der Waals surface area (Å²) in [5, 5.41) is 17.3. The summed E-state index contributed by atoms with van der Waals surface area (Å²) < 4.78 is 0. The van der Waals surface area contributed by atoms with Crippen molar-refractivity contribution in [1.82, 2.24) is 4.90 Å². The molecule has 1 unspecified atom stereocenters. The Labute approximate surface area is 112 Å². The molecule has 19 heavy (non-hydrogen) atoms. The third kappa shape index (κ3) is 1.82. The number of rotatable bonds is 2. The van der Waals surface area contributed by atoms with Gasteiger partial charge < -0.3 is 5.73 Å². The number of carbonyl (C=O) groups excluding carboxylic acids is 1. The molecule has 6 heteroatoms. The van der Waals surface area contributed by atoms with Crippen LogP contribution in [-0.2, 0) is 4.79 Å². The second kappa shape index (κ2) is 4.84. The molecule has 0 aromatic rings. The smallest absolute Gasteiger partial charge is 0.266 e. The third-order valence-electron chi connectivity index (χ3n) is 3.91. The molecule has 0 radical (unpaired) electrons. The van der Waals surface area contributed by atoms with Crippen molar-refractivity contribution in [3.05, 3.63) is 11.6 Å². The van der Waals surface area contributed by atoms with Gasteiger partial charge in [-0.15, -0.1) is 0 Å². The molecular formula is C13H17N5O. The largest absolute Gasteiger partial charge is 0.368 e. The Balaban J connectivity index is 2.56. The highest BCUT2D eigenvalue weighted by atomic mass is 16.2. The Morgan fingerprint density at radius 1 is 1.63 bits per heavy atom. The van der Waals surface area contributed by atoms with Gasteiger partial charge in [0.05, 0.1) is 0 Å². The van der Waals surface area contributed by atoms with Crippen LogP contribution in [0.15, 0.2) is 16.6 Å². The Bertz CT molecular complexity index is 528. The van der Waals surface area contributed by atoms with Gasteiger partial charge in [-0.25, -0.2) is 4.90 Å². The maximum Gasteiger partial charge on any atom is 0.266 e. The van der Waals surface area contributed by atoms with Gasteiger partial charge in [0.25, 0.3) is 5.91 Å². The van der Waals surface area contributed by atoms with E-state index in [-0.39, 0.29) is 11.8 Å². The summed E-state index contributed by atoms with van der Waals surface area (Å²) in [6.45, 7) is 1.84. The first-order valence-corrected chi connectivity index (χ1v) is 6.45. The van der Waals surface area contributed by atoms with Gasteiger partial charge in [0.1, 0.15) is 11.3 Å². The zero-order valence-corrected chi connectivity index (χ0v) is 10.9. The lowest BCUT2D eigenvalue weighted by Gasteiger charge is -2.39. The van der Waals surface area contributed by atoms with Crippen LogP contribution < -0.4 is 5.73 Å². The van der Waals surface area contributed by atoms with E-state index in [4.69, 9.17) is 16.4 Å². The van der Waals surface area contributed by atoms with E-state index in [2.05, 4.69) is 4.99 Å². The first-order valence-electron chi connectivity index (χ1n) is 6.45. The summed E-state index contributed by atoms with van der Waals surface area (Å²) in [6, 6.07) is 0. The molecule has 3 N–H and O–H groups in total. The summed E-state index contributed by atoms with van der Waals surface area (Å²) >= 11 is 0. The van der Waals surface area contributed by atoms with Crippen LogP contribution in [0.25, 0.3) is 0 Å². The van der Waals surface area contributed by atoms with Gasteiger partial charge in [0.15, 0.2) is 6.19 Å². The number of allylic oxidation sites excluding steroid dienone is 1. The second-order valence-electron chi connectivity index (χ2n) is 4.79. The Hall–Kier alpha value is -2.16. The molecule has 0 aromatic heterocycles. The van der Waals surface area contributed by atoms with Crippen molar-refractivity contribution in [3.8, 4) is 6.19 Å². The highest BCUT2D eigenvalue weighted by Gasteiger charge is 2.50. The Morgan fingerprint density at radius 2 is 2.37 bits per heavy atom. The van der Waals surface area contributed by atoms with E-state index in [1.165, 1.54) is 0 Å². The molecule has 1 amide bonds. The molecular weight excluding hydrogens is 242 g/mol. The minimum atomic E-state index is -1.10. The molecule has 2 rings (SSSR count).